The van der Waals surface area contributed by atoms with Crippen LogP contribution >= 0.6 is 11.6 Å². The summed E-state index contributed by atoms with van der Waals surface area (Å²) in [5.41, 5.74) is 2.12. The number of halogens is 2. The van der Waals surface area contributed by atoms with Crippen LogP contribution in [0, 0.1) is 23.1 Å². The molecule has 2 aromatic rings. The van der Waals surface area contributed by atoms with E-state index in [4.69, 9.17) is 16.9 Å². The van der Waals surface area contributed by atoms with Gasteiger partial charge in [0.2, 0.25) is 0 Å². The number of nitriles is 1. The fourth-order valence-corrected chi connectivity index (χ4v) is 3.14. The zero-order valence-electron chi connectivity index (χ0n) is 13.0. The molecule has 0 unspecified atom stereocenters. The molecule has 0 aliphatic carbocycles. The van der Waals surface area contributed by atoms with Crippen LogP contribution in [0.1, 0.15) is 23.2 Å². The second kappa shape index (κ2) is 7.02. The Labute approximate surface area is 145 Å². The quantitative estimate of drug-likeness (QED) is 0.805. The number of carbonyl (C=O) groups is 1. The molecule has 24 heavy (non-hydrogen) atoms. The van der Waals surface area contributed by atoms with Crippen molar-refractivity contribution in [3.63, 3.8) is 0 Å². The fraction of sp³-hybridized carbons (Fsp3) is 0.263. The minimum absolute atomic E-state index is 0.0529. The summed E-state index contributed by atoms with van der Waals surface area (Å²) < 4.78 is 13.3. The van der Waals surface area contributed by atoms with Crippen LogP contribution in [0.5, 0.6) is 0 Å². The predicted molar refractivity (Wildman–Crippen MR) is 91.1 cm³/mol. The molecule has 0 N–H and O–H groups in total. The lowest BCUT2D eigenvalue weighted by atomic mass is 9.98. The van der Waals surface area contributed by atoms with Gasteiger partial charge in [-0.3, -0.25) is 4.79 Å². The van der Waals surface area contributed by atoms with Crippen LogP contribution in [0.2, 0.25) is 5.02 Å². The van der Waals surface area contributed by atoms with Crippen molar-refractivity contribution in [3.8, 4) is 17.2 Å². The summed E-state index contributed by atoms with van der Waals surface area (Å²) >= 11 is 5.84. The zero-order valence-corrected chi connectivity index (χ0v) is 13.8. The van der Waals surface area contributed by atoms with Gasteiger partial charge in [0.15, 0.2) is 0 Å². The van der Waals surface area contributed by atoms with Crippen molar-refractivity contribution < 1.29 is 9.18 Å². The highest BCUT2D eigenvalue weighted by atomic mass is 35.5. The Morgan fingerprint density at radius 3 is 2.79 bits per heavy atom. The van der Waals surface area contributed by atoms with Gasteiger partial charge in [-0.1, -0.05) is 29.8 Å². The average Bonchev–Trinajstić information content (AvgIpc) is 2.63. The summed E-state index contributed by atoms with van der Waals surface area (Å²) in [4.78, 5) is 14.4. The lowest BCUT2D eigenvalue weighted by Gasteiger charge is -2.29. The minimum atomic E-state index is -0.469. The summed E-state index contributed by atoms with van der Waals surface area (Å²) in [6, 6.07) is 13.9. The maximum Gasteiger partial charge on any atom is 0.253 e. The van der Waals surface area contributed by atoms with E-state index >= 15 is 0 Å². The minimum Gasteiger partial charge on any atom is -0.337 e. The van der Waals surface area contributed by atoms with Crippen molar-refractivity contribution in [1.82, 2.24) is 4.90 Å². The molecule has 1 atom stereocenters. The lowest BCUT2D eigenvalue weighted by Crippen LogP contribution is -2.39. The molecule has 3 nitrogen and oxygen atoms in total. The van der Waals surface area contributed by atoms with Crippen molar-refractivity contribution in [1.29, 1.82) is 5.26 Å². The van der Waals surface area contributed by atoms with Crippen molar-refractivity contribution in [2.24, 2.45) is 5.92 Å². The van der Waals surface area contributed by atoms with E-state index in [2.05, 4.69) is 6.07 Å². The summed E-state index contributed by atoms with van der Waals surface area (Å²) in [6.45, 7) is 1.14. The van der Waals surface area contributed by atoms with Crippen molar-refractivity contribution in [2.75, 3.05) is 13.1 Å². The van der Waals surface area contributed by atoms with Crippen LogP contribution in [-0.4, -0.2) is 23.9 Å². The molecule has 5 heteroatoms. The molecule has 3 rings (SSSR count). The number of nitrogens with zero attached hydrogens (tertiary/aromatic N) is 2. The van der Waals surface area contributed by atoms with Crippen LogP contribution in [0.15, 0.2) is 42.5 Å². The first kappa shape index (κ1) is 16.5. The number of hydrogen-bond acceptors (Lipinski definition) is 2. The van der Waals surface area contributed by atoms with Crippen molar-refractivity contribution in [2.45, 2.75) is 12.8 Å². The molecule has 0 bridgehead atoms. The monoisotopic (exact) mass is 342 g/mol. The van der Waals surface area contributed by atoms with Crippen LogP contribution in [0.4, 0.5) is 4.39 Å². The van der Waals surface area contributed by atoms with Crippen LogP contribution in [0.25, 0.3) is 11.1 Å². The van der Waals surface area contributed by atoms with Gasteiger partial charge in [-0.25, -0.2) is 4.39 Å². The van der Waals surface area contributed by atoms with Gasteiger partial charge < -0.3 is 4.90 Å². The largest absolute Gasteiger partial charge is 0.337 e. The number of likely N-dealkylation sites (tertiary alicyclic amines) is 1. The van der Waals surface area contributed by atoms with Crippen molar-refractivity contribution in [3.05, 3.63) is 58.9 Å². The van der Waals surface area contributed by atoms with Crippen LogP contribution in [0.3, 0.4) is 0 Å². The molecule has 0 spiro atoms. The Kier molecular flexibility index (Phi) is 4.82. The first-order valence-corrected chi connectivity index (χ1v) is 8.20. The van der Waals surface area contributed by atoms with E-state index in [1.165, 1.54) is 6.07 Å². The zero-order chi connectivity index (χ0) is 17.1. The van der Waals surface area contributed by atoms with Crippen molar-refractivity contribution >= 4 is 17.5 Å². The highest BCUT2D eigenvalue weighted by Crippen LogP contribution is 2.26. The van der Waals surface area contributed by atoms with E-state index in [0.29, 0.717) is 18.7 Å². The Hall–Kier alpha value is -2.38. The fourth-order valence-electron chi connectivity index (χ4n) is 2.96. The Balaban J connectivity index is 1.86. The van der Waals surface area contributed by atoms with Gasteiger partial charge in [0, 0.05) is 18.7 Å². The van der Waals surface area contributed by atoms with Crippen LogP contribution < -0.4 is 0 Å². The number of benzene rings is 2. The molecule has 1 fully saturated rings. The molecular formula is C19H16ClFN2O. The van der Waals surface area contributed by atoms with Gasteiger partial charge in [0.05, 0.1) is 17.0 Å². The Morgan fingerprint density at radius 1 is 1.25 bits per heavy atom. The third kappa shape index (κ3) is 3.42. The molecule has 122 valence electrons. The SMILES string of the molecule is N#C[C@@H]1CCCN(C(=O)c2cccc(-c3ccc(F)c(Cl)c3)c2)C1. The van der Waals surface area contributed by atoms with E-state index in [-0.39, 0.29) is 16.8 Å². The Bertz CT molecular complexity index is 815. The summed E-state index contributed by atoms with van der Waals surface area (Å²) in [7, 11) is 0. The molecule has 1 aliphatic heterocycles. The van der Waals surface area contributed by atoms with Gasteiger partial charge in [-0.2, -0.15) is 5.26 Å². The van der Waals surface area contributed by atoms with E-state index in [1.807, 2.05) is 6.07 Å². The van der Waals surface area contributed by atoms with E-state index in [9.17, 15) is 9.18 Å². The highest BCUT2D eigenvalue weighted by molar-refractivity contribution is 6.31. The molecule has 1 amide bonds. The molecule has 2 aromatic carbocycles. The summed E-state index contributed by atoms with van der Waals surface area (Å²) in [5.74, 6) is -0.643. The molecule has 1 aliphatic rings. The van der Waals surface area contributed by atoms with Gasteiger partial charge in [0.1, 0.15) is 5.82 Å². The highest BCUT2D eigenvalue weighted by Gasteiger charge is 2.24. The maximum absolute atomic E-state index is 13.3. The number of carbonyl (C=O) groups excluding carboxylic acids is 1. The number of hydrogen-bond donors (Lipinski definition) is 0. The number of piperidine rings is 1. The number of rotatable bonds is 2. The lowest BCUT2D eigenvalue weighted by molar-refractivity contribution is 0.0699. The predicted octanol–water partition coefficient (Wildman–Crippen LogP) is 4.52. The standard InChI is InChI=1S/C19H16ClFN2O/c20-17-10-15(6-7-18(17)21)14-4-1-5-16(9-14)19(24)23-8-2-3-13(11-22)12-23/h1,4-7,9-10,13H,2-3,8,12H2/t13-/m0/s1. The van der Waals surface area contributed by atoms with Gasteiger partial charge in [-0.15, -0.1) is 0 Å². The molecular weight excluding hydrogens is 327 g/mol. The summed E-state index contributed by atoms with van der Waals surface area (Å²) in [5, 5.41) is 9.12. The third-order valence-electron chi connectivity index (χ3n) is 4.25. The first-order valence-electron chi connectivity index (χ1n) is 7.83. The molecule has 0 saturated carbocycles. The van der Waals surface area contributed by atoms with Gasteiger partial charge in [-0.05, 0) is 48.2 Å². The Morgan fingerprint density at radius 2 is 2.04 bits per heavy atom. The maximum atomic E-state index is 13.3. The third-order valence-corrected chi connectivity index (χ3v) is 4.54. The van der Waals surface area contributed by atoms with E-state index < -0.39 is 5.82 Å². The van der Waals surface area contributed by atoms with Crippen LogP contribution in [-0.2, 0) is 0 Å². The smallest absolute Gasteiger partial charge is 0.253 e. The second-order valence-corrected chi connectivity index (χ2v) is 6.34. The second-order valence-electron chi connectivity index (χ2n) is 5.93. The number of amides is 1. The summed E-state index contributed by atoms with van der Waals surface area (Å²) in [6.07, 6.45) is 1.69. The molecule has 0 aromatic heterocycles. The van der Waals surface area contributed by atoms with Gasteiger partial charge >= 0.3 is 0 Å². The molecule has 1 saturated heterocycles. The molecule has 1 heterocycles. The first-order chi connectivity index (χ1) is 11.6. The van der Waals surface area contributed by atoms with E-state index in [0.717, 1.165) is 24.0 Å². The van der Waals surface area contributed by atoms with E-state index in [1.54, 1.807) is 35.2 Å². The average molecular weight is 343 g/mol. The molecule has 0 radical (unpaired) electrons. The normalized spacial score (nSPS) is 17.4. The topological polar surface area (TPSA) is 44.1 Å². The van der Waals surface area contributed by atoms with Gasteiger partial charge in [0.25, 0.3) is 5.91 Å².